The molecule has 230 valence electrons. The van der Waals surface area contributed by atoms with E-state index in [4.69, 9.17) is 18.9 Å². The van der Waals surface area contributed by atoms with Crippen LogP contribution in [0.4, 0.5) is 22.0 Å². The molecule has 5 nitrogen and oxygen atoms in total. The second-order valence-electron chi connectivity index (χ2n) is 9.49. The highest BCUT2D eigenvalue weighted by Gasteiger charge is 2.27. The number of esters is 1. The van der Waals surface area contributed by atoms with E-state index >= 15 is 0 Å². The molecule has 42 heavy (non-hydrogen) atoms. The lowest BCUT2D eigenvalue weighted by Gasteiger charge is -2.14. The molecule has 10 heteroatoms. The molecule has 0 bridgehead atoms. The summed E-state index contributed by atoms with van der Waals surface area (Å²) in [7, 11) is 0. The molecular formula is C32H37F5O5. The minimum absolute atomic E-state index is 0.126. The molecule has 0 aliphatic rings. The van der Waals surface area contributed by atoms with Gasteiger partial charge in [0.25, 0.3) is 0 Å². The smallest absolute Gasteiger partial charge is 0.342 e. The fourth-order valence-corrected chi connectivity index (χ4v) is 3.77. The van der Waals surface area contributed by atoms with E-state index in [0.29, 0.717) is 13.2 Å². The third-order valence-corrected chi connectivity index (χ3v) is 6.13. The molecule has 0 amide bonds. The average molecular weight is 597 g/mol. The van der Waals surface area contributed by atoms with Crippen molar-refractivity contribution in [1.29, 1.82) is 0 Å². The lowest BCUT2D eigenvalue weighted by atomic mass is 10.1. The number of allylic oxidation sites excluding steroid dienone is 1. The predicted molar refractivity (Wildman–Crippen MR) is 150 cm³/mol. The quantitative estimate of drug-likeness (QED) is 0.0383. The number of benzene rings is 2. The molecule has 2 rings (SSSR count). The Morgan fingerprint density at radius 3 is 2.12 bits per heavy atom. The van der Waals surface area contributed by atoms with Gasteiger partial charge in [-0.25, -0.2) is 26.7 Å². The van der Waals surface area contributed by atoms with Gasteiger partial charge in [0.05, 0.1) is 25.4 Å². The van der Waals surface area contributed by atoms with Gasteiger partial charge < -0.3 is 18.9 Å². The van der Waals surface area contributed by atoms with Crippen LogP contribution in [-0.4, -0.2) is 32.4 Å². The summed E-state index contributed by atoms with van der Waals surface area (Å²) >= 11 is 0. The van der Waals surface area contributed by atoms with Crippen molar-refractivity contribution in [3.8, 4) is 11.5 Å². The zero-order chi connectivity index (χ0) is 30.9. The monoisotopic (exact) mass is 596 g/mol. The van der Waals surface area contributed by atoms with Crippen molar-refractivity contribution in [2.45, 2.75) is 58.5 Å². The Labute approximate surface area is 243 Å². The highest BCUT2D eigenvalue weighted by atomic mass is 19.2. The van der Waals surface area contributed by atoms with E-state index in [-0.39, 0.29) is 30.3 Å². The van der Waals surface area contributed by atoms with Gasteiger partial charge in [0.2, 0.25) is 5.82 Å². The third kappa shape index (κ3) is 11.0. The summed E-state index contributed by atoms with van der Waals surface area (Å²) in [5.74, 6) is -11.4. The third-order valence-electron chi connectivity index (χ3n) is 6.13. The number of carbonyl (C=O) groups is 1. The van der Waals surface area contributed by atoms with Gasteiger partial charge in [-0.1, -0.05) is 43.9 Å². The first-order valence-corrected chi connectivity index (χ1v) is 13.7. The first-order valence-electron chi connectivity index (χ1n) is 13.7. The molecule has 0 aromatic heterocycles. The Kier molecular flexibility index (Phi) is 15.4. The van der Waals surface area contributed by atoms with Crippen molar-refractivity contribution in [3.05, 3.63) is 95.4 Å². The van der Waals surface area contributed by atoms with Crippen LogP contribution in [0.3, 0.4) is 0 Å². The average Bonchev–Trinajstić information content (AvgIpc) is 2.99. The Bertz CT molecular complexity index is 1200. The molecule has 0 atom stereocenters. The Balaban J connectivity index is 2.11. The summed E-state index contributed by atoms with van der Waals surface area (Å²) in [6.45, 7) is 9.14. The Morgan fingerprint density at radius 2 is 1.45 bits per heavy atom. The van der Waals surface area contributed by atoms with Gasteiger partial charge in [-0.2, -0.15) is 0 Å². The largest absolute Gasteiger partial charge is 0.493 e. The Hall–Kier alpha value is -3.66. The first-order chi connectivity index (χ1) is 20.2. The molecule has 0 saturated carbocycles. The van der Waals surface area contributed by atoms with Gasteiger partial charge >= 0.3 is 5.97 Å². The minimum Gasteiger partial charge on any atom is -0.493 e. The van der Waals surface area contributed by atoms with Gasteiger partial charge in [-0.15, -0.1) is 13.2 Å². The summed E-state index contributed by atoms with van der Waals surface area (Å²) in [6.07, 6.45) is 12.3. The molecular weight excluding hydrogens is 559 g/mol. The molecule has 0 unspecified atom stereocenters. The van der Waals surface area contributed by atoms with E-state index in [9.17, 15) is 26.7 Å². The summed E-state index contributed by atoms with van der Waals surface area (Å²) in [5, 5.41) is 0. The number of hydrogen-bond donors (Lipinski definition) is 0. The first kappa shape index (κ1) is 34.5. The van der Waals surface area contributed by atoms with Crippen LogP contribution >= 0.6 is 0 Å². The fraction of sp³-hybridized carbons (Fsp3) is 0.406. The van der Waals surface area contributed by atoms with Crippen LogP contribution in [-0.2, 0) is 16.1 Å². The molecule has 0 fully saturated rings. The van der Waals surface area contributed by atoms with Crippen LogP contribution < -0.4 is 9.47 Å². The highest BCUT2D eigenvalue weighted by molar-refractivity contribution is 5.93. The molecule has 2 aromatic carbocycles. The maximum absolute atomic E-state index is 14.1. The summed E-state index contributed by atoms with van der Waals surface area (Å²) in [6, 6.07) is 4.40. The van der Waals surface area contributed by atoms with Crippen molar-refractivity contribution in [1.82, 2.24) is 0 Å². The number of carbonyl (C=O) groups excluding carboxylic acids is 1. The topological polar surface area (TPSA) is 54.0 Å². The highest BCUT2D eigenvalue weighted by Crippen LogP contribution is 2.28. The van der Waals surface area contributed by atoms with E-state index < -0.39 is 47.2 Å². The van der Waals surface area contributed by atoms with Crippen LogP contribution in [0.15, 0.2) is 55.2 Å². The van der Waals surface area contributed by atoms with Crippen LogP contribution in [0.1, 0.15) is 67.8 Å². The van der Waals surface area contributed by atoms with Gasteiger partial charge in [-0.05, 0) is 50.0 Å². The van der Waals surface area contributed by atoms with Crippen LogP contribution in [0.2, 0.25) is 0 Å². The van der Waals surface area contributed by atoms with Gasteiger partial charge in [0.15, 0.2) is 23.3 Å². The van der Waals surface area contributed by atoms with Gasteiger partial charge in [0, 0.05) is 0 Å². The van der Waals surface area contributed by atoms with E-state index in [1.54, 1.807) is 12.1 Å². The lowest BCUT2D eigenvalue weighted by molar-refractivity contribution is 0.0457. The number of unbranched alkanes of at least 4 members (excludes halogenated alkanes) is 6. The summed E-state index contributed by atoms with van der Waals surface area (Å²) in [4.78, 5) is 12.9. The molecule has 2 aromatic rings. The fourth-order valence-electron chi connectivity index (χ4n) is 3.77. The van der Waals surface area contributed by atoms with Crippen molar-refractivity contribution in [2.75, 3.05) is 26.4 Å². The lowest BCUT2D eigenvalue weighted by Crippen LogP contribution is -2.13. The number of ether oxygens (including phenoxy) is 4. The standard InChI is InChI=1S/C32H37F5O5/c1-4-6-7-8-9-10-11-12-17-40-26-14-13-23(41-20-22(3)15-18-39-16-5-2)19-24(26)32(38)42-21-25-27(33)29(35)31(37)30(36)28(25)34/h4-5,13-15,19H,1-2,6-12,16-18,20-21H2,3H3/b22-15-. The van der Waals surface area contributed by atoms with E-state index in [1.807, 2.05) is 19.1 Å². The summed E-state index contributed by atoms with van der Waals surface area (Å²) in [5.41, 5.74) is -0.543. The van der Waals surface area contributed by atoms with Crippen LogP contribution in [0.5, 0.6) is 11.5 Å². The normalized spacial score (nSPS) is 11.3. The maximum atomic E-state index is 14.1. The minimum atomic E-state index is -2.30. The zero-order valence-electron chi connectivity index (χ0n) is 23.8. The molecule has 0 saturated heterocycles. The second-order valence-corrected chi connectivity index (χ2v) is 9.49. The molecule has 0 spiro atoms. The van der Waals surface area contributed by atoms with Gasteiger partial charge in [0.1, 0.15) is 30.3 Å². The van der Waals surface area contributed by atoms with Crippen LogP contribution in [0.25, 0.3) is 0 Å². The van der Waals surface area contributed by atoms with Gasteiger partial charge in [-0.3, -0.25) is 0 Å². The molecule has 0 N–H and O–H groups in total. The molecule has 0 heterocycles. The van der Waals surface area contributed by atoms with E-state index in [1.165, 1.54) is 12.1 Å². The van der Waals surface area contributed by atoms with Crippen LogP contribution in [0, 0.1) is 29.1 Å². The SMILES string of the molecule is C=CCCCCCCCCOc1ccc(OC/C(C)=C\COCC=C)cc1C(=O)OCc1c(F)c(F)c(F)c(F)c1F. The molecule has 0 radical (unpaired) electrons. The predicted octanol–water partition coefficient (Wildman–Crippen LogP) is 8.56. The molecule has 0 aliphatic heterocycles. The Morgan fingerprint density at radius 1 is 0.810 bits per heavy atom. The molecule has 0 aliphatic carbocycles. The summed E-state index contributed by atoms with van der Waals surface area (Å²) < 4.78 is 90.5. The van der Waals surface area contributed by atoms with E-state index in [0.717, 1.165) is 50.5 Å². The van der Waals surface area contributed by atoms with Crippen molar-refractivity contribution in [2.24, 2.45) is 0 Å². The number of rotatable bonds is 20. The van der Waals surface area contributed by atoms with Crippen molar-refractivity contribution in [3.63, 3.8) is 0 Å². The maximum Gasteiger partial charge on any atom is 0.342 e. The second kappa shape index (κ2) is 18.7. The van der Waals surface area contributed by atoms with Crippen molar-refractivity contribution < 1.29 is 45.7 Å². The van der Waals surface area contributed by atoms with Crippen molar-refractivity contribution >= 4 is 5.97 Å². The number of halogens is 5. The van der Waals surface area contributed by atoms with E-state index in [2.05, 4.69) is 13.2 Å². The zero-order valence-corrected chi connectivity index (χ0v) is 23.8. The number of hydrogen-bond acceptors (Lipinski definition) is 5.